The quantitative estimate of drug-likeness (QED) is 0.555. The Labute approximate surface area is 60.0 Å². The molecule has 0 saturated heterocycles. The minimum absolute atomic E-state index is 0. The van der Waals surface area contributed by atoms with Gasteiger partial charge in [-0.2, -0.15) is 0 Å². The minimum atomic E-state index is -1.20. The molecule has 0 radical (unpaired) electrons. The first-order valence-corrected chi connectivity index (χ1v) is 2.51. The van der Waals surface area contributed by atoms with Gasteiger partial charge in [-0.05, 0) is 0 Å². The van der Waals surface area contributed by atoms with Crippen molar-refractivity contribution in [2.45, 2.75) is 19.3 Å². The monoisotopic (exact) mass is 151 g/mol. The van der Waals surface area contributed by atoms with Gasteiger partial charge in [0.25, 0.3) is 0 Å². The standard InChI is InChI=1S/C3H6.C2H3NO2.ClH/c1-2-3-1;3-1-2(4)5;/h1-3H2;1,3H,(H,4,5);1H. The van der Waals surface area contributed by atoms with Crippen molar-refractivity contribution in [2.75, 3.05) is 0 Å². The van der Waals surface area contributed by atoms with E-state index in [0.717, 1.165) is 0 Å². The molecule has 1 saturated carbocycles. The SMILES string of the molecule is C1CC1.Cl.N=CC(=O)O. The number of carboxylic acids is 1. The summed E-state index contributed by atoms with van der Waals surface area (Å²) in [6.07, 6.45) is 4.83. The molecule has 1 aliphatic carbocycles. The fourth-order valence-electron chi connectivity index (χ4n) is 0. The molecular formula is C5H10ClNO2. The number of rotatable bonds is 1. The molecule has 2 N–H and O–H groups in total. The van der Waals surface area contributed by atoms with Crippen molar-refractivity contribution < 1.29 is 9.90 Å². The first-order chi connectivity index (χ1) is 3.77. The predicted octanol–water partition coefficient (Wildman–Crippen LogP) is 1.31. The lowest BCUT2D eigenvalue weighted by Gasteiger charge is -1.63. The molecule has 0 aliphatic heterocycles. The summed E-state index contributed by atoms with van der Waals surface area (Å²) in [6, 6.07) is 0. The number of carboxylic acid groups (broad SMARTS) is 1. The maximum absolute atomic E-state index is 9.12. The van der Waals surface area contributed by atoms with E-state index in [9.17, 15) is 0 Å². The highest BCUT2D eigenvalue weighted by molar-refractivity contribution is 6.20. The zero-order chi connectivity index (χ0) is 6.41. The first-order valence-electron chi connectivity index (χ1n) is 2.51. The molecule has 1 rings (SSSR count). The molecule has 9 heavy (non-hydrogen) atoms. The molecular weight excluding hydrogens is 142 g/mol. The number of hydrogen-bond acceptors (Lipinski definition) is 2. The van der Waals surface area contributed by atoms with Crippen LogP contribution in [0.5, 0.6) is 0 Å². The van der Waals surface area contributed by atoms with Crippen LogP contribution in [0.25, 0.3) is 0 Å². The topological polar surface area (TPSA) is 61.2 Å². The number of halogens is 1. The van der Waals surface area contributed by atoms with Gasteiger partial charge >= 0.3 is 5.97 Å². The van der Waals surface area contributed by atoms with Gasteiger partial charge in [0, 0.05) is 0 Å². The van der Waals surface area contributed by atoms with Crippen LogP contribution < -0.4 is 0 Å². The summed E-state index contributed by atoms with van der Waals surface area (Å²) in [7, 11) is 0. The molecule has 1 fully saturated rings. The van der Waals surface area contributed by atoms with Crippen LogP contribution in [0, 0.1) is 5.41 Å². The van der Waals surface area contributed by atoms with Crippen molar-refractivity contribution in [3.63, 3.8) is 0 Å². The van der Waals surface area contributed by atoms with E-state index in [-0.39, 0.29) is 12.4 Å². The second-order valence-electron chi connectivity index (χ2n) is 1.54. The van der Waals surface area contributed by atoms with Crippen LogP contribution in [0.4, 0.5) is 0 Å². The highest BCUT2D eigenvalue weighted by Crippen LogP contribution is 2.14. The third kappa shape index (κ3) is 37.1. The number of carbonyl (C=O) groups is 1. The Bertz CT molecular complexity index is 90.2. The minimum Gasteiger partial charge on any atom is -0.477 e. The van der Waals surface area contributed by atoms with Gasteiger partial charge in [-0.25, -0.2) is 4.79 Å². The van der Waals surface area contributed by atoms with Gasteiger partial charge < -0.3 is 10.5 Å². The molecule has 1 aliphatic rings. The van der Waals surface area contributed by atoms with Gasteiger partial charge in [-0.15, -0.1) is 12.4 Å². The van der Waals surface area contributed by atoms with Gasteiger partial charge in [0.05, 0.1) is 0 Å². The second-order valence-corrected chi connectivity index (χ2v) is 1.54. The van der Waals surface area contributed by atoms with E-state index in [2.05, 4.69) is 0 Å². The first kappa shape index (κ1) is 11.3. The second kappa shape index (κ2) is 7.43. The molecule has 0 unspecified atom stereocenters. The molecule has 3 nitrogen and oxygen atoms in total. The van der Waals surface area contributed by atoms with Crippen LogP contribution in [0.2, 0.25) is 0 Å². The van der Waals surface area contributed by atoms with Crippen molar-refractivity contribution >= 4 is 24.6 Å². The normalized spacial score (nSPS) is 11.6. The summed E-state index contributed by atoms with van der Waals surface area (Å²) in [5.74, 6) is -1.20. The highest BCUT2D eigenvalue weighted by Gasteiger charge is 1.95. The van der Waals surface area contributed by atoms with Crippen molar-refractivity contribution in [1.29, 1.82) is 5.41 Å². The Hall–Kier alpha value is -0.570. The van der Waals surface area contributed by atoms with E-state index in [1.807, 2.05) is 0 Å². The molecule has 54 valence electrons. The summed E-state index contributed by atoms with van der Waals surface area (Å²) < 4.78 is 0. The molecule has 0 aromatic rings. The van der Waals surface area contributed by atoms with E-state index in [4.69, 9.17) is 15.3 Å². The largest absolute Gasteiger partial charge is 0.477 e. The van der Waals surface area contributed by atoms with Gasteiger partial charge in [0.2, 0.25) is 0 Å². The molecule has 0 aromatic heterocycles. The van der Waals surface area contributed by atoms with Crippen LogP contribution in [0.15, 0.2) is 0 Å². The van der Waals surface area contributed by atoms with Crippen LogP contribution >= 0.6 is 12.4 Å². The van der Waals surface area contributed by atoms with E-state index in [1.165, 1.54) is 19.3 Å². The van der Waals surface area contributed by atoms with Gasteiger partial charge in [-0.1, -0.05) is 19.3 Å². The summed E-state index contributed by atoms with van der Waals surface area (Å²) >= 11 is 0. The zero-order valence-corrected chi connectivity index (χ0v) is 5.78. The average Bonchev–Trinajstić information content (AvgIpc) is 2.48. The number of hydrogen-bond donors (Lipinski definition) is 2. The van der Waals surface area contributed by atoms with Crippen molar-refractivity contribution in [2.24, 2.45) is 0 Å². The fourth-order valence-corrected chi connectivity index (χ4v) is 0. The Balaban J connectivity index is 0. The zero-order valence-electron chi connectivity index (χ0n) is 4.96. The molecule has 0 bridgehead atoms. The van der Waals surface area contributed by atoms with Gasteiger partial charge in [0.15, 0.2) is 0 Å². The smallest absolute Gasteiger partial charge is 0.346 e. The molecule has 0 heterocycles. The third-order valence-corrected chi connectivity index (χ3v) is 0.477. The van der Waals surface area contributed by atoms with Crippen molar-refractivity contribution in [1.82, 2.24) is 0 Å². The summed E-state index contributed by atoms with van der Waals surface area (Å²) in [6.45, 7) is 0. The number of nitrogens with one attached hydrogen (secondary N) is 1. The number of aliphatic carboxylic acids is 1. The third-order valence-electron chi connectivity index (χ3n) is 0.477. The highest BCUT2D eigenvalue weighted by atomic mass is 35.5. The molecule has 4 heteroatoms. The molecule has 0 amide bonds. The fraction of sp³-hybridized carbons (Fsp3) is 0.600. The van der Waals surface area contributed by atoms with Crippen molar-refractivity contribution in [3.8, 4) is 0 Å². The van der Waals surface area contributed by atoms with Crippen LogP contribution in [0.3, 0.4) is 0 Å². The molecule has 0 aromatic carbocycles. The summed E-state index contributed by atoms with van der Waals surface area (Å²) in [5, 5.41) is 13.4. The molecule has 0 atom stereocenters. The van der Waals surface area contributed by atoms with Gasteiger partial charge in [-0.3, -0.25) is 0 Å². The lowest BCUT2D eigenvalue weighted by molar-refractivity contribution is -0.128. The lowest BCUT2D eigenvalue weighted by atomic mass is 10.8. The van der Waals surface area contributed by atoms with E-state index >= 15 is 0 Å². The lowest BCUT2D eigenvalue weighted by Crippen LogP contribution is -1.91. The van der Waals surface area contributed by atoms with Gasteiger partial charge in [0.1, 0.15) is 6.21 Å². The summed E-state index contributed by atoms with van der Waals surface area (Å²) in [5.41, 5.74) is 0. The Morgan fingerprint density at radius 1 is 1.44 bits per heavy atom. The van der Waals surface area contributed by atoms with Crippen LogP contribution in [-0.2, 0) is 4.79 Å². The van der Waals surface area contributed by atoms with E-state index in [0.29, 0.717) is 6.21 Å². The maximum atomic E-state index is 9.12. The average molecular weight is 152 g/mol. The van der Waals surface area contributed by atoms with Crippen molar-refractivity contribution in [3.05, 3.63) is 0 Å². The Morgan fingerprint density at radius 3 is 1.67 bits per heavy atom. The maximum Gasteiger partial charge on any atom is 0.346 e. The Kier molecular flexibility index (Phi) is 9.29. The Morgan fingerprint density at radius 2 is 1.67 bits per heavy atom. The van der Waals surface area contributed by atoms with Crippen LogP contribution in [0.1, 0.15) is 19.3 Å². The summed E-state index contributed by atoms with van der Waals surface area (Å²) in [4.78, 5) is 9.12. The van der Waals surface area contributed by atoms with E-state index < -0.39 is 5.97 Å². The molecule has 0 spiro atoms. The predicted molar refractivity (Wildman–Crippen MR) is 37.5 cm³/mol. The van der Waals surface area contributed by atoms with E-state index in [1.54, 1.807) is 0 Å². The van der Waals surface area contributed by atoms with Crippen LogP contribution in [-0.4, -0.2) is 17.3 Å².